The van der Waals surface area contributed by atoms with Crippen molar-refractivity contribution in [2.45, 2.75) is 142 Å². The summed E-state index contributed by atoms with van der Waals surface area (Å²) in [7, 11) is 1.36. The van der Waals surface area contributed by atoms with Gasteiger partial charge in [-0.05, 0) is 37.5 Å². The molecular weight excluding hydrogens is 921 g/mol. The Labute approximate surface area is 404 Å². The number of nitrogens with zero attached hydrogens (tertiary/aromatic N) is 2. The molecule has 2 aliphatic carbocycles. The van der Waals surface area contributed by atoms with E-state index in [2.05, 4.69) is 4.98 Å². The third-order valence-electron chi connectivity index (χ3n) is 14.0. The number of esters is 8. The summed E-state index contributed by atoms with van der Waals surface area (Å²) in [6, 6.07) is 3.70. The van der Waals surface area contributed by atoms with Crippen molar-refractivity contribution in [3.63, 3.8) is 0 Å². The number of fused-ring (bicyclic) bond motifs is 5. The number of aromatic nitrogens is 2. The van der Waals surface area contributed by atoms with Crippen LogP contribution in [0.15, 0.2) is 41.6 Å². The number of hydrogen-bond donors (Lipinski definition) is 1. The number of aryl methyl sites for hydroxylation is 1. The van der Waals surface area contributed by atoms with Gasteiger partial charge in [-0.15, -0.1) is 0 Å². The second-order valence-electron chi connectivity index (χ2n) is 20.0. The first kappa shape index (κ1) is 53.1. The maximum Gasteiger partial charge on any atom is 0.340 e. The zero-order valence-corrected chi connectivity index (χ0v) is 41.5. The van der Waals surface area contributed by atoms with Gasteiger partial charge in [-0.1, -0.05) is 55.4 Å². The van der Waals surface area contributed by atoms with Crippen LogP contribution in [0.5, 0.6) is 0 Å². The zero-order valence-electron chi connectivity index (χ0n) is 41.5. The fraction of sp³-hybridized carbons (Fsp3) is 0.633. The molecule has 2 aromatic rings. The highest BCUT2D eigenvalue weighted by Crippen LogP contribution is 2.70. The van der Waals surface area contributed by atoms with Gasteiger partial charge in [-0.2, -0.15) is 0 Å². The lowest BCUT2D eigenvalue weighted by atomic mass is 9.45. The molecule has 4 bridgehead atoms. The van der Waals surface area contributed by atoms with Crippen LogP contribution < -0.4 is 5.56 Å². The minimum atomic E-state index is -2.96. The molecule has 0 amide bonds. The lowest BCUT2D eigenvalue weighted by molar-refractivity contribution is -0.386. The van der Waals surface area contributed by atoms with Crippen molar-refractivity contribution in [1.82, 2.24) is 9.55 Å². The van der Waals surface area contributed by atoms with Gasteiger partial charge in [0, 0.05) is 45.6 Å². The Hall–Kier alpha value is -6.22. The molecule has 1 spiro atoms. The maximum absolute atomic E-state index is 14.9. The molecule has 0 aromatic carbocycles. The summed E-state index contributed by atoms with van der Waals surface area (Å²) >= 11 is 0. The Morgan fingerprint density at radius 3 is 1.93 bits per heavy atom. The normalized spacial score (nSPS) is 33.5. The third kappa shape index (κ3) is 8.94. The lowest BCUT2D eigenvalue weighted by Gasteiger charge is -2.67. The van der Waals surface area contributed by atoms with E-state index >= 15 is 0 Å². The van der Waals surface area contributed by atoms with Crippen LogP contribution in [-0.2, 0) is 78.4 Å². The predicted octanol–water partition coefficient (Wildman–Crippen LogP) is 2.93. The van der Waals surface area contributed by atoms with Crippen molar-refractivity contribution in [3.05, 3.63) is 63.8 Å². The minimum absolute atomic E-state index is 0.0712. The first-order chi connectivity index (χ1) is 32.6. The number of carbonyl (C=O) groups excluding carboxylic acids is 8. The van der Waals surface area contributed by atoms with Crippen LogP contribution in [-0.4, -0.2) is 129 Å². The molecule has 1 N–H and O–H groups in total. The second kappa shape index (κ2) is 19.5. The van der Waals surface area contributed by atoms with Gasteiger partial charge >= 0.3 is 47.8 Å². The van der Waals surface area contributed by atoms with Gasteiger partial charge in [-0.3, -0.25) is 38.5 Å². The molecule has 13 atom stereocenters. The van der Waals surface area contributed by atoms with E-state index in [9.17, 15) is 48.3 Å². The van der Waals surface area contributed by atoms with Crippen LogP contribution in [0.3, 0.4) is 0 Å². The van der Waals surface area contributed by atoms with Gasteiger partial charge in [0.1, 0.15) is 42.0 Å². The van der Waals surface area contributed by atoms with E-state index < -0.39 is 161 Å². The number of cyclic esters (lactones) is 1. The van der Waals surface area contributed by atoms with Gasteiger partial charge in [-0.25, -0.2) is 9.59 Å². The molecule has 0 radical (unpaired) electrons. The average Bonchev–Trinajstić information content (AvgIpc) is 3.50. The minimum Gasteiger partial charge on any atom is -0.464 e. The molecule has 21 heteroatoms. The van der Waals surface area contributed by atoms with Crippen molar-refractivity contribution in [1.29, 1.82) is 0 Å². The SMILES string of the molecule is CC(=O)OC1C2C(OC(C)=O)C34OC2(C)COC(=O)c2cnccc2C(C)C(C)C(=O)OC(C(OC(=O)c2ccc(=O)n(C)c2)C(OC(=O)C(C)C)C3(COC(=O)C(C)C)C1OC(=O)C(C)C)C4(C)O. The Kier molecular flexibility index (Phi) is 14.8. The Bertz CT molecular complexity index is 2500. The average molecular weight is 983 g/mol. The zero-order chi connectivity index (χ0) is 52.2. The van der Waals surface area contributed by atoms with Crippen molar-refractivity contribution in [2.75, 3.05) is 13.2 Å². The smallest absolute Gasteiger partial charge is 0.340 e. The number of aliphatic hydroxyl groups is 1. The topological polar surface area (TPSA) is 275 Å². The van der Waals surface area contributed by atoms with Gasteiger partial charge in [0.25, 0.3) is 0 Å². The molecule has 3 fully saturated rings. The summed E-state index contributed by atoms with van der Waals surface area (Å²) in [4.78, 5) is 131. The molecule has 2 saturated carbocycles. The molecule has 13 unspecified atom stereocenters. The first-order valence-electron chi connectivity index (χ1n) is 23.1. The third-order valence-corrected chi connectivity index (χ3v) is 14.0. The standard InChI is InChI=1S/C49H62N2O19/c1-22(2)40(55)63-21-48-38(68-41(56)23(3)4)34(64-27(9)52)33-36(65-28(10)53)49(48)47(12,61)37(35(39(48)69-42(57)24(5)6)66-44(59)29-14-15-32(54)51(13)19-29)67-43(58)26(8)25(7)30-16-17-50-18-31(30)45(60)62-20-46(33,11)70-49/h14-19,22-26,33-39,61H,20-21H2,1-13H3. The molecule has 6 rings (SSSR count). The van der Waals surface area contributed by atoms with Crippen molar-refractivity contribution >= 4 is 47.8 Å². The molecule has 21 nitrogen and oxygen atoms in total. The van der Waals surface area contributed by atoms with Crippen LogP contribution in [0.4, 0.5) is 0 Å². The number of carbonyl (C=O) groups is 8. The Balaban J connectivity index is 1.85. The molecule has 70 heavy (non-hydrogen) atoms. The summed E-state index contributed by atoms with van der Waals surface area (Å²) < 4.78 is 58.4. The molecule has 1 saturated heterocycles. The molecule has 2 aromatic heterocycles. The van der Waals surface area contributed by atoms with E-state index in [0.29, 0.717) is 0 Å². The predicted molar refractivity (Wildman–Crippen MR) is 238 cm³/mol. The van der Waals surface area contributed by atoms with E-state index in [1.54, 1.807) is 6.92 Å². The van der Waals surface area contributed by atoms with Gasteiger partial charge < -0.3 is 52.3 Å². The number of rotatable bonds is 11. The molecule has 382 valence electrons. The van der Waals surface area contributed by atoms with E-state index in [-0.39, 0.29) is 16.7 Å². The summed E-state index contributed by atoms with van der Waals surface area (Å²) in [6.07, 6.45) is -8.99. The highest BCUT2D eigenvalue weighted by Gasteiger charge is 2.92. The molecular formula is C49H62N2O19. The molecule has 2 aliphatic heterocycles. The number of pyridine rings is 2. The highest BCUT2D eigenvalue weighted by atomic mass is 16.7. The Morgan fingerprint density at radius 2 is 1.37 bits per heavy atom. The monoisotopic (exact) mass is 982 g/mol. The van der Waals surface area contributed by atoms with Crippen molar-refractivity contribution in [3.8, 4) is 0 Å². The maximum atomic E-state index is 14.9. The largest absolute Gasteiger partial charge is 0.464 e. The van der Waals surface area contributed by atoms with Crippen LogP contribution in [0, 0.1) is 35.0 Å². The summed E-state index contributed by atoms with van der Waals surface area (Å²) in [6.45, 7) is 14.5. The fourth-order valence-corrected chi connectivity index (χ4v) is 10.3. The van der Waals surface area contributed by atoms with Gasteiger partial charge in [0.15, 0.2) is 30.0 Å². The van der Waals surface area contributed by atoms with E-state index in [4.69, 9.17) is 42.6 Å². The summed E-state index contributed by atoms with van der Waals surface area (Å²) in [5.41, 5.74) is -11.3. The fourth-order valence-electron chi connectivity index (χ4n) is 10.3. The van der Waals surface area contributed by atoms with E-state index in [1.165, 1.54) is 80.9 Å². The molecule has 4 aliphatic rings. The van der Waals surface area contributed by atoms with Crippen LogP contribution in [0.25, 0.3) is 0 Å². The van der Waals surface area contributed by atoms with Crippen LogP contribution in [0.1, 0.15) is 115 Å². The van der Waals surface area contributed by atoms with Gasteiger partial charge in [0.2, 0.25) is 5.56 Å². The number of ether oxygens (including phenoxy) is 9. The van der Waals surface area contributed by atoms with Crippen LogP contribution >= 0.6 is 0 Å². The van der Waals surface area contributed by atoms with E-state index in [0.717, 1.165) is 43.7 Å². The van der Waals surface area contributed by atoms with E-state index in [1.807, 2.05) is 0 Å². The molecule has 4 heterocycles. The quantitative estimate of drug-likeness (QED) is 0.250. The van der Waals surface area contributed by atoms with Crippen molar-refractivity contribution < 1.29 is 86.1 Å². The summed E-state index contributed by atoms with van der Waals surface area (Å²) in [5.74, 6) is -14.8. The Morgan fingerprint density at radius 1 is 0.786 bits per heavy atom. The first-order valence-corrected chi connectivity index (χ1v) is 23.1. The van der Waals surface area contributed by atoms with Crippen molar-refractivity contribution in [2.24, 2.45) is 42.1 Å². The summed E-state index contributed by atoms with van der Waals surface area (Å²) in [5, 5.41) is 14.0. The van der Waals surface area contributed by atoms with Gasteiger partial charge in [0.05, 0.1) is 40.7 Å². The lowest BCUT2D eigenvalue weighted by Crippen LogP contribution is -2.89. The second-order valence-corrected chi connectivity index (χ2v) is 20.0. The van der Waals surface area contributed by atoms with Crippen LogP contribution in [0.2, 0.25) is 0 Å². The highest BCUT2D eigenvalue weighted by molar-refractivity contribution is 5.91. The number of hydrogen-bond acceptors (Lipinski definition) is 20.